The number of rotatable bonds is 3. The number of aromatic hydroxyl groups is 1. The topological polar surface area (TPSA) is 49.9 Å². The molecule has 0 radical (unpaired) electrons. The van der Waals surface area contributed by atoms with Gasteiger partial charge >= 0.3 is 0 Å². The fraction of sp³-hybridized carbons (Fsp3) is 0.263. The first-order chi connectivity index (χ1) is 12.5. The molecule has 26 heavy (non-hydrogen) atoms. The first kappa shape index (κ1) is 17.0. The molecule has 0 atom stereocenters. The fourth-order valence-electron chi connectivity index (χ4n) is 3.18. The monoisotopic (exact) mass is 373 g/mol. The third-order valence-electron chi connectivity index (χ3n) is 4.56. The number of thioether (sulfide) groups is 1. The molecule has 1 N–H and O–H groups in total. The van der Waals surface area contributed by atoms with E-state index in [1.807, 2.05) is 32.0 Å². The first-order valence-electron chi connectivity index (χ1n) is 8.24. The summed E-state index contributed by atoms with van der Waals surface area (Å²) in [5.74, 6) is -0.0644. The van der Waals surface area contributed by atoms with Crippen molar-refractivity contribution >= 4 is 34.0 Å². The second-order valence-electron chi connectivity index (χ2n) is 6.51. The standard InChI is InChI=1S/C19H17F2N3OS/c1-10-3-4-16(11(2)5-10)22-23-17-14-6-12(20)7-15(21)18(14)24(19(17)25)13-8-26-9-13/h3-7,13,25H,8-9H2,1-2H3. The number of aryl methyl sites for hydroxylation is 2. The Morgan fingerprint density at radius 3 is 2.54 bits per heavy atom. The molecular formula is C19H17F2N3OS. The highest BCUT2D eigenvalue weighted by Crippen LogP contribution is 2.46. The summed E-state index contributed by atoms with van der Waals surface area (Å²) in [7, 11) is 0. The van der Waals surface area contributed by atoms with E-state index < -0.39 is 11.6 Å². The molecule has 1 fully saturated rings. The number of aromatic nitrogens is 1. The summed E-state index contributed by atoms with van der Waals surface area (Å²) in [5, 5.41) is 19.3. The highest BCUT2D eigenvalue weighted by molar-refractivity contribution is 8.00. The summed E-state index contributed by atoms with van der Waals surface area (Å²) in [6, 6.07) is 7.70. The van der Waals surface area contributed by atoms with E-state index in [0.717, 1.165) is 28.7 Å². The predicted molar refractivity (Wildman–Crippen MR) is 100.0 cm³/mol. The minimum Gasteiger partial charge on any atom is -0.493 e. The Labute approximate surface area is 153 Å². The van der Waals surface area contributed by atoms with E-state index in [2.05, 4.69) is 10.2 Å². The predicted octanol–water partition coefficient (Wildman–Crippen LogP) is 5.95. The summed E-state index contributed by atoms with van der Waals surface area (Å²) >= 11 is 1.71. The third-order valence-corrected chi connectivity index (χ3v) is 5.80. The Balaban J connectivity index is 1.89. The van der Waals surface area contributed by atoms with Crippen LogP contribution in [0, 0.1) is 25.5 Å². The average Bonchev–Trinajstić information content (AvgIpc) is 2.78. The molecule has 0 spiro atoms. The largest absolute Gasteiger partial charge is 0.493 e. The van der Waals surface area contributed by atoms with Gasteiger partial charge in [-0.3, -0.25) is 0 Å². The third kappa shape index (κ3) is 2.76. The number of nitrogens with zero attached hydrogens (tertiary/aromatic N) is 3. The van der Waals surface area contributed by atoms with E-state index in [1.165, 1.54) is 10.6 Å². The number of halogens is 2. The molecule has 1 aliphatic heterocycles. The van der Waals surface area contributed by atoms with Gasteiger partial charge < -0.3 is 9.67 Å². The molecule has 4 rings (SSSR count). The van der Waals surface area contributed by atoms with Crippen molar-refractivity contribution in [3.8, 4) is 5.88 Å². The van der Waals surface area contributed by atoms with Gasteiger partial charge in [-0.05, 0) is 31.5 Å². The molecule has 3 aromatic rings. The van der Waals surface area contributed by atoms with Gasteiger partial charge in [0.2, 0.25) is 5.88 Å². The van der Waals surface area contributed by atoms with Crippen molar-refractivity contribution in [1.82, 2.24) is 4.57 Å². The molecular weight excluding hydrogens is 356 g/mol. The molecule has 0 aliphatic carbocycles. The summed E-state index contributed by atoms with van der Waals surface area (Å²) in [5.41, 5.74) is 2.95. The van der Waals surface area contributed by atoms with Gasteiger partial charge in [0.15, 0.2) is 11.5 Å². The molecule has 0 unspecified atom stereocenters. The number of azo groups is 1. The van der Waals surface area contributed by atoms with E-state index in [1.54, 1.807) is 11.8 Å². The van der Waals surface area contributed by atoms with Crippen LogP contribution in [0.15, 0.2) is 40.6 Å². The number of hydrogen-bond donors (Lipinski definition) is 1. The molecule has 2 heterocycles. The highest BCUT2D eigenvalue weighted by Gasteiger charge is 2.29. The van der Waals surface area contributed by atoms with Crippen LogP contribution in [0.2, 0.25) is 0 Å². The quantitative estimate of drug-likeness (QED) is 0.577. The van der Waals surface area contributed by atoms with Crippen LogP contribution in [0.5, 0.6) is 5.88 Å². The normalized spacial score (nSPS) is 15.1. The van der Waals surface area contributed by atoms with Gasteiger partial charge in [0.1, 0.15) is 5.82 Å². The number of hydrogen-bond acceptors (Lipinski definition) is 4. The molecule has 1 aliphatic rings. The first-order valence-corrected chi connectivity index (χ1v) is 9.40. The van der Waals surface area contributed by atoms with Gasteiger partial charge in [-0.15, -0.1) is 5.11 Å². The highest BCUT2D eigenvalue weighted by atomic mass is 32.2. The van der Waals surface area contributed by atoms with Crippen molar-refractivity contribution in [2.75, 3.05) is 11.5 Å². The summed E-state index contributed by atoms with van der Waals surface area (Å²) in [6.07, 6.45) is 0. The molecule has 1 saturated heterocycles. The second kappa shape index (κ2) is 6.39. The lowest BCUT2D eigenvalue weighted by molar-refractivity contribution is 0.404. The SMILES string of the molecule is Cc1ccc(N=Nc2c(O)n(C3CSC3)c3c(F)cc(F)cc23)c(C)c1. The van der Waals surface area contributed by atoms with Crippen molar-refractivity contribution in [3.63, 3.8) is 0 Å². The molecule has 1 aromatic heterocycles. The number of benzene rings is 2. The lowest BCUT2D eigenvalue weighted by atomic mass is 10.1. The Bertz CT molecular complexity index is 1040. The van der Waals surface area contributed by atoms with Crippen molar-refractivity contribution < 1.29 is 13.9 Å². The van der Waals surface area contributed by atoms with E-state index in [0.29, 0.717) is 5.69 Å². The van der Waals surface area contributed by atoms with Gasteiger partial charge in [0.25, 0.3) is 0 Å². The van der Waals surface area contributed by atoms with Gasteiger partial charge in [-0.1, -0.05) is 17.7 Å². The smallest absolute Gasteiger partial charge is 0.221 e. The zero-order chi connectivity index (χ0) is 18.4. The van der Waals surface area contributed by atoms with Gasteiger partial charge in [-0.2, -0.15) is 16.9 Å². The zero-order valence-electron chi connectivity index (χ0n) is 14.3. The van der Waals surface area contributed by atoms with E-state index in [4.69, 9.17) is 0 Å². The summed E-state index contributed by atoms with van der Waals surface area (Å²) in [6.45, 7) is 3.89. The van der Waals surface area contributed by atoms with Gasteiger partial charge in [-0.25, -0.2) is 8.78 Å². The van der Waals surface area contributed by atoms with Crippen LogP contribution in [-0.2, 0) is 0 Å². The van der Waals surface area contributed by atoms with Crippen LogP contribution >= 0.6 is 11.8 Å². The van der Waals surface area contributed by atoms with Crippen LogP contribution < -0.4 is 0 Å². The van der Waals surface area contributed by atoms with E-state index in [9.17, 15) is 13.9 Å². The summed E-state index contributed by atoms with van der Waals surface area (Å²) in [4.78, 5) is 0. The van der Waals surface area contributed by atoms with Crippen LogP contribution in [0.25, 0.3) is 10.9 Å². The minimum atomic E-state index is -0.710. The Morgan fingerprint density at radius 1 is 1.12 bits per heavy atom. The van der Waals surface area contributed by atoms with Gasteiger partial charge in [0.05, 0.1) is 17.2 Å². The van der Waals surface area contributed by atoms with Crippen LogP contribution in [0.3, 0.4) is 0 Å². The molecule has 0 saturated carbocycles. The maximum Gasteiger partial charge on any atom is 0.221 e. The fourth-order valence-corrected chi connectivity index (χ4v) is 3.92. The van der Waals surface area contributed by atoms with E-state index >= 15 is 0 Å². The van der Waals surface area contributed by atoms with Gasteiger partial charge in [0, 0.05) is 23.0 Å². The molecule has 0 bridgehead atoms. The van der Waals surface area contributed by atoms with Crippen LogP contribution in [0.4, 0.5) is 20.2 Å². The van der Waals surface area contributed by atoms with Crippen molar-refractivity contribution in [2.45, 2.75) is 19.9 Å². The van der Waals surface area contributed by atoms with Crippen molar-refractivity contribution in [2.24, 2.45) is 10.2 Å². The van der Waals surface area contributed by atoms with Crippen LogP contribution in [0.1, 0.15) is 17.2 Å². The zero-order valence-corrected chi connectivity index (χ0v) is 15.1. The Kier molecular flexibility index (Phi) is 4.19. The minimum absolute atomic E-state index is 0.0347. The maximum absolute atomic E-state index is 14.4. The molecule has 4 nitrogen and oxygen atoms in total. The van der Waals surface area contributed by atoms with E-state index in [-0.39, 0.29) is 28.5 Å². The molecule has 134 valence electrons. The molecule has 2 aromatic carbocycles. The second-order valence-corrected chi connectivity index (χ2v) is 7.58. The lowest BCUT2D eigenvalue weighted by Crippen LogP contribution is -2.22. The average molecular weight is 373 g/mol. The van der Waals surface area contributed by atoms with Crippen LogP contribution in [-0.4, -0.2) is 21.2 Å². The van der Waals surface area contributed by atoms with Crippen molar-refractivity contribution in [1.29, 1.82) is 0 Å². The number of fused-ring (bicyclic) bond motifs is 1. The lowest BCUT2D eigenvalue weighted by Gasteiger charge is -2.27. The maximum atomic E-state index is 14.4. The summed E-state index contributed by atoms with van der Waals surface area (Å²) < 4.78 is 29.7. The molecule has 7 heteroatoms. The Hall–Kier alpha value is -2.41. The Morgan fingerprint density at radius 2 is 1.88 bits per heavy atom. The van der Waals surface area contributed by atoms with Crippen molar-refractivity contribution in [3.05, 3.63) is 53.1 Å². The molecule has 0 amide bonds.